The molecule has 1 saturated carbocycles. The number of rotatable bonds is 3. The minimum Gasteiger partial charge on any atom is -0.0984 e. The van der Waals surface area contributed by atoms with Gasteiger partial charge in [-0.1, -0.05) is 50.0 Å². The van der Waals surface area contributed by atoms with Crippen LogP contribution in [0.2, 0.25) is 19.1 Å². The highest BCUT2D eigenvalue weighted by Gasteiger charge is 2.34. The zero-order valence-electron chi connectivity index (χ0n) is 9.66. The van der Waals surface area contributed by atoms with Gasteiger partial charge in [0.25, 0.3) is 0 Å². The normalized spacial score (nSPS) is 36.1. The Morgan fingerprint density at radius 2 is 2.07 bits per heavy atom. The van der Waals surface area contributed by atoms with Gasteiger partial charge in [0.1, 0.15) is 0 Å². The van der Waals surface area contributed by atoms with Crippen molar-refractivity contribution in [3.05, 3.63) is 23.9 Å². The van der Waals surface area contributed by atoms with E-state index >= 15 is 0 Å². The first-order chi connectivity index (χ1) is 6.61. The number of allylic oxidation sites excluding steroid dienone is 3. The van der Waals surface area contributed by atoms with Gasteiger partial charge in [0.05, 0.1) is 8.07 Å². The maximum Gasteiger partial charge on any atom is 0.0710 e. The van der Waals surface area contributed by atoms with E-state index in [2.05, 4.69) is 43.9 Å². The highest BCUT2D eigenvalue weighted by atomic mass is 28.3. The Labute approximate surface area is 89.1 Å². The predicted molar refractivity (Wildman–Crippen MR) is 65.9 cm³/mol. The summed E-state index contributed by atoms with van der Waals surface area (Å²) in [7, 11) is -0.977. The first-order valence-corrected chi connectivity index (χ1v) is 9.27. The van der Waals surface area contributed by atoms with Crippen molar-refractivity contribution < 1.29 is 0 Å². The van der Waals surface area contributed by atoms with Crippen LogP contribution in [0.15, 0.2) is 23.9 Å². The van der Waals surface area contributed by atoms with Crippen molar-refractivity contribution in [2.45, 2.75) is 38.9 Å². The molecule has 1 heteroatoms. The van der Waals surface area contributed by atoms with Gasteiger partial charge < -0.3 is 0 Å². The Morgan fingerprint density at radius 3 is 2.57 bits per heavy atom. The summed E-state index contributed by atoms with van der Waals surface area (Å²) in [4.78, 5) is 0. The summed E-state index contributed by atoms with van der Waals surface area (Å²) in [6, 6.07) is 1.38. The molecule has 2 aliphatic carbocycles. The van der Waals surface area contributed by atoms with Gasteiger partial charge in [0, 0.05) is 0 Å². The van der Waals surface area contributed by atoms with Gasteiger partial charge in [-0.3, -0.25) is 0 Å². The minimum atomic E-state index is -0.977. The molecule has 0 N–H and O–H groups in total. The van der Waals surface area contributed by atoms with Gasteiger partial charge in [0.15, 0.2) is 0 Å². The van der Waals surface area contributed by atoms with Crippen molar-refractivity contribution in [3.63, 3.8) is 0 Å². The molecule has 0 nitrogen and oxygen atoms in total. The van der Waals surface area contributed by atoms with E-state index in [1.807, 2.05) is 0 Å². The molecule has 78 valence electrons. The molecule has 14 heavy (non-hydrogen) atoms. The van der Waals surface area contributed by atoms with Crippen LogP contribution in [0, 0.1) is 17.8 Å². The van der Waals surface area contributed by atoms with Crippen molar-refractivity contribution >= 4 is 8.07 Å². The first kappa shape index (κ1) is 10.2. The Bertz CT molecular complexity index is 262. The molecule has 0 amide bonds. The van der Waals surface area contributed by atoms with E-state index in [9.17, 15) is 0 Å². The Balaban J connectivity index is 1.96. The largest absolute Gasteiger partial charge is 0.0984 e. The van der Waals surface area contributed by atoms with Crippen molar-refractivity contribution in [1.29, 1.82) is 0 Å². The van der Waals surface area contributed by atoms with E-state index in [1.54, 1.807) is 0 Å². The quantitative estimate of drug-likeness (QED) is 0.483. The van der Waals surface area contributed by atoms with Gasteiger partial charge in [0.2, 0.25) is 0 Å². The van der Waals surface area contributed by atoms with Crippen LogP contribution in [0.25, 0.3) is 0 Å². The molecular weight excluding hydrogens is 184 g/mol. The average molecular weight is 206 g/mol. The molecule has 0 aromatic carbocycles. The topological polar surface area (TPSA) is 0 Å². The van der Waals surface area contributed by atoms with Crippen LogP contribution in [0.5, 0.6) is 0 Å². The van der Waals surface area contributed by atoms with Crippen LogP contribution in [-0.4, -0.2) is 8.07 Å². The van der Waals surface area contributed by atoms with Gasteiger partial charge in [-0.15, -0.1) is 0 Å². The highest BCUT2D eigenvalue weighted by Crippen LogP contribution is 2.44. The second-order valence-corrected chi connectivity index (χ2v) is 10.7. The van der Waals surface area contributed by atoms with Crippen LogP contribution in [0.1, 0.15) is 19.8 Å². The molecule has 1 fully saturated rings. The van der Waals surface area contributed by atoms with Gasteiger partial charge >= 0.3 is 0 Å². The fourth-order valence-corrected chi connectivity index (χ4v) is 3.55. The van der Waals surface area contributed by atoms with Crippen LogP contribution >= 0.6 is 0 Å². The lowest BCUT2D eigenvalue weighted by atomic mass is 9.94. The molecule has 0 heterocycles. The monoisotopic (exact) mass is 206 g/mol. The standard InChI is InChI=1S/C13H22Si/c1-4-14(2,3)8-7-13-10-11-5-6-12(13)9-11/h5-8,11-13H,4,9-10H2,1-3H3. The molecule has 3 unspecified atom stereocenters. The molecule has 2 rings (SSSR count). The lowest BCUT2D eigenvalue weighted by Gasteiger charge is -2.18. The van der Waals surface area contributed by atoms with Crippen LogP contribution in [0.4, 0.5) is 0 Å². The summed E-state index contributed by atoms with van der Waals surface area (Å²) in [5, 5.41) is 0. The number of hydrogen-bond donors (Lipinski definition) is 0. The summed E-state index contributed by atoms with van der Waals surface area (Å²) in [5.74, 6) is 2.68. The Kier molecular flexibility index (Phi) is 2.69. The molecule has 3 atom stereocenters. The molecule has 0 aromatic rings. The SMILES string of the molecule is CC[Si](C)(C)C=CC1CC2C=CC1C2. The van der Waals surface area contributed by atoms with E-state index in [4.69, 9.17) is 0 Å². The van der Waals surface area contributed by atoms with Crippen LogP contribution in [-0.2, 0) is 0 Å². The molecule has 0 saturated heterocycles. The van der Waals surface area contributed by atoms with Crippen molar-refractivity contribution in [2.75, 3.05) is 0 Å². The molecule has 0 aromatic heterocycles. The molecule has 0 aliphatic heterocycles. The number of hydrogen-bond acceptors (Lipinski definition) is 0. The van der Waals surface area contributed by atoms with E-state index in [0.29, 0.717) is 0 Å². The molecule has 0 radical (unpaired) electrons. The third kappa shape index (κ3) is 2.03. The zero-order valence-corrected chi connectivity index (χ0v) is 10.7. The van der Waals surface area contributed by atoms with E-state index < -0.39 is 8.07 Å². The third-order valence-electron chi connectivity index (χ3n) is 4.04. The van der Waals surface area contributed by atoms with Crippen LogP contribution < -0.4 is 0 Å². The second-order valence-electron chi connectivity index (χ2n) is 5.65. The Hall–Kier alpha value is -0.303. The van der Waals surface area contributed by atoms with Crippen molar-refractivity contribution in [2.24, 2.45) is 17.8 Å². The van der Waals surface area contributed by atoms with E-state index in [0.717, 1.165) is 17.8 Å². The van der Waals surface area contributed by atoms with Gasteiger partial charge in [-0.05, 0) is 30.6 Å². The fraction of sp³-hybridized carbons (Fsp3) is 0.692. The maximum atomic E-state index is 2.58. The lowest BCUT2D eigenvalue weighted by molar-refractivity contribution is 0.550. The zero-order chi connectivity index (χ0) is 10.2. The number of fused-ring (bicyclic) bond motifs is 2. The summed E-state index contributed by atoms with van der Waals surface area (Å²) in [6.45, 7) is 7.26. The van der Waals surface area contributed by atoms with Crippen molar-refractivity contribution in [3.8, 4) is 0 Å². The summed E-state index contributed by atoms with van der Waals surface area (Å²) >= 11 is 0. The second kappa shape index (κ2) is 3.69. The van der Waals surface area contributed by atoms with Gasteiger partial charge in [-0.2, -0.15) is 0 Å². The highest BCUT2D eigenvalue weighted by molar-refractivity contribution is 6.82. The van der Waals surface area contributed by atoms with Gasteiger partial charge in [-0.25, -0.2) is 0 Å². The average Bonchev–Trinajstić information content (AvgIpc) is 2.76. The van der Waals surface area contributed by atoms with Crippen molar-refractivity contribution in [1.82, 2.24) is 0 Å². The van der Waals surface area contributed by atoms with Crippen LogP contribution in [0.3, 0.4) is 0 Å². The minimum absolute atomic E-state index is 0.878. The smallest absolute Gasteiger partial charge is 0.0710 e. The molecule has 0 spiro atoms. The molecule has 2 aliphatic rings. The van der Waals surface area contributed by atoms with E-state index in [1.165, 1.54) is 18.9 Å². The summed E-state index contributed by atoms with van der Waals surface area (Å²) in [6.07, 6.45) is 10.3. The molecule has 2 bridgehead atoms. The lowest BCUT2D eigenvalue weighted by Crippen LogP contribution is -2.21. The maximum absolute atomic E-state index is 2.58. The molecular formula is C13H22Si. The predicted octanol–water partition coefficient (Wildman–Crippen LogP) is 4.02. The fourth-order valence-electron chi connectivity index (χ4n) is 2.55. The summed E-state index contributed by atoms with van der Waals surface area (Å²) < 4.78 is 0. The van der Waals surface area contributed by atoms with E-state index in [-0.39, 0.29) is 0 Å². The first-order valence-electron chi connectivity index (χ1n) is 5.98. The Morgan fingerprint density at radius 1 is 1.29 bits per heavy atom. The third-order valence-corrected chi connectivity index (χ3v) is 6.95. The summed E-state index contributed by atoms with van der Waals surface area (Å²) in [5.41, 5.74) is 2.58.